The van der Waals surface area contributed by atoms with Crippen LogP contribution in [0.3, 0.4) is 0 Å². The standard InChI is InChI=1S/C7H8N4O2/c1-2-10-3-5-6(9-4-8-5)11(13)7(10)12/h3-4H,2H2,1H3,(H,8,9). The van der Waals surface area contributed by atoms with Crippen LogP contribution in [0.1, 0.15) is 6.92 Å². The van der Waals surface area contributed by atoms with Gasteiger partial charge in [0.2, 0.25) is 0 Å². The quantitative estimate of drug-likeness (QED) is 0.469. The molecule has 0 aliphatic rings. The molecule has 2 rings (SSSR count). The molecule has 6 heteroatoms. The minimum Gasteiger partial charge on any atom is -0.737 e. The van der Waals surface area contributed by atoms with Crippen molar-refractivity contribution in [2.45, 2.75) is 13.5 Å². The average Bonchev–Trinajstić information content (AvgIpc) is 2.59. The highest BCUT2D eigenvalue weighted by molar-refractivity contribution is 5.64. The molecular formula is C7H8N4O2. The monoisotopic (exact) mass is 180 g/mol. The molecule has 2 heterocycles. The van der Waals surface area contributed by atoms with Crippen LogP contribution in [0.4, 0.5) is 0 Å². The zero-order chi connectivity index (χ0) is 9.42. The summed E-state index contributed by atoms with van der Waals surface area (Å²) in [5.74, 6) is 0. The molecule has 6 nitrogen and oxygen atoms in total. The third-order valence-electron chi connectivity index (χ3n) is 1.89. The summed E-state index contributed by atoms with van der Waals surface area (Å²) < 4.78 is 1.61. The Hall–Kier alpha value is -1.85. The number of imidazole rings is 1. The number of rotatable bonds is 1. The Balaban J connectivity index is 2.92. The lowest BCUT2D eigenvalue weighted by atomic mass is 10.5. The van der Waals surface area contributed by atoms with Crippen molar-refractivity contribution in [2.24, 2.45) is 0 Å². The van der Waals surface area contributed by atoms with Crippen LogP contribution in [0.2, 0.25) is 0 Å². The molecule has 68 valence electrons. The van der Waals surface area contributed by atoms with E-state index in [2.05, 4.69) is 9.97 Å². The number of nitrogens with one attached hydrogen (secondary N) is 1. The van der Waals surface area contributed by atoms with Gasteiger partial charge in [-0.1, -0.05) is 4.98 Å². The van der Waals surface area contributed by atoms with Gasteiger partial charge in [-0.3, -0.25) is 0 Å². The third kappa shape index (κ3) is 0.986. The van der Waals surface area contributed by atoms with E-state index in [0.29, 0.717) is 12.1 Å². The Morgan fingerprint density at radius 2 is 2.54 bits per heavy atom. The fourth-order valence-electron chi connectivity index (χ4n) is 1.20. The van der Waals surface area contributed by atoms with Gasteiger partial charge in [0.05, 0.1) is 12.7 Å². The molecule has 0 aliphatic carbocycles. The zero-order valence-corrected chi connectivity index (χ0v) is 7.02. The van der Waals surface area contributed by atoms with E-state index in [1.807, 2.05) is 0 Å². The summed E-state index contributed by atoms with van der Waals surface area (Å²) in [7, 11) is 0. The van der Waals surface area contributed by atoms with Crippen LogP contribution in [-0.2, 0) is 6.54 Å². The number of hydrogen-bond acceptors (Lipinski definition) is 3. The van der Waals surface area contributed by atoms with Gasteiger partial charge < -0.3 is 10.2 Å². The van der Waals surface area contributed by atoms with Crippen LogP contribution in [0.25, 0.3) is 11.2 Å². The van der Waals surface area contributed by atoms with E-state index in [1.165, 1.54) is 10.9 Å². The van der Waals surface area contributed by atoms with Crippen molar-refractivity contribution in [3.8, 4) is 0 Å². The van der Waals surface area contributed by atoms with Crippen LogP contribution in [0.5, 0.6) is 0 Å². The van der Waals surface area contributed by atoms with E-state index in [1.54, 1.807) is 13.1 Å². The normalized spacial score (nSPS) is 10.8. The molecule has 0 radical (unpaired) electrons. The molecule has 13 heavy (non-hydrogen) atoms. The van der Waals surface area contributed by atoms with Gasteiger partial charge in [-0.05, 0) is 6.92 Å². The van der Waals surface area contributed by atoms with Crippen molar-refractivity contribution >= 4 is 11.2 Å². The molecule has 1 N–H and O–H groups in total. The molecule has 0 amide bonds. The highest BCUT2D eigenvalue weighted by atomic mass is 16.5. The molecule has 0 unspecified atom stereocenters. The molecule has 0 saturated heterocycles. The highest BCUT2D eigenvalue weighted by Gasteiger charge is 2.10. The number of hydrogen-bond donors (Lipinski definition) is 1. The number of nitrogens with zero attached hydrogens (tertiary/aromatic N) is 3. The van der Waals surface area contributed by atoms with Gasteiger partial charge in [-0.15, -0.1) is 0 Å². The lowest BCUT2D eigenvalue weighted by Gasteiger charge is -2.03. The largest absolute Gasteiger partial charge is 0.737 e. The Kier molecular flexibility index (Phi) is 1.54. The summed E-state index contributed by atoms with van der Waals surface area (Å²) in [4.78, 5) is 17.8. The van der Waals surface area contributed by atoms with Crippen molar-refractivity contribution in [3.05, 3.63) is 28.2 Å². The molecule has 0 aliphatic heterocycles. The van der Waals surface area contributed by atoms with Gasteiger partial charge in [0, 0.05) is 0 Å². The van der Waals surface area contributed by atoms with E-state index in [-0.39, 0.29) is 10.4 Å². The summed E-state index contributed by atoms with van der Waals surface area (Å²) in [6, 6.07) is 0. The molecule has 0 atom stereocenters. The van der Waals surface area contributed by atoms with E-state index < -0.39 is 5.69 Å². The van der Waals surface area contributed by atoms with E-state index in [0.717, 1.165) is 0 Å². The number of aromatic amines is 1. The Morgan fingerprint density at radius 3 is 3.23 bits per heavy atom. The molecule has 2 aromatic heterocycles. The first-order valence-corrected chi connectivity index (χ1v) is 3.90. The van der Waals surface area contributed by atoms with Crippen molar-refractivity contribution in [1.29, 1.82) is 0 Å². The Morgan fingerprint density at radius 1 is 1.77 bits per heavy atom. The molecular weight excluding hydrogens is 172 g/mol. The van der Waals surface area contributed by atoms with Crippen LogP contribution in [-0.4, -0.2) is 14.5 Å². The minimum absolute atomic E-state index is 0.134. The molecule has 0 fully saturated rings. The highest BCUT2D eigenvalue weighted by Crippen LogP contribution is 1.98. The first-order chi connectivity index (χ1) is 6.24. The smallest absolute Gasteiger partial charge is 0.443 e. The molecule has 0 spiro atoms. The van der Waals surface area contributed by atoms with Crippen molar-refractivity contribution in [3.63, 3.8) is 0 Å². The van der Waals surface area contributed by atoms with Gasteiger partial charge in [0.25, 0.3) is 5.65 Å². The Labute approximate surface area is 73.0 Å². The van der Waals surface area contributed by atoms with Crippen LogP contribution < -0.4 is 10.4 Å². The molecule has 2 aromatic rings. The maximum absolute atomic E-state index is 11.3. The second-order valence-electron chi connectivity index (χ2n) is 2.63. The predicted molar refractivity (Wildman–Crippen MR) is 45.0 cm³/mol. The van der Waals surface area contributed by atoms with Crippen molar-refractivity contribution in [2.75, 3.05) is 0 Å². The van der Waals surface area contributed by atoms with Gasteiger partial charge in [-0.25, -0.2) is 14.1 Å². The topological polar surface area (TPSA) is 77.6 Å². The summed E-state index contributed by atoms with van der Waals surface area (Å²) in [6.07, 6.45) is 2.97. The number of aryl methyl sites for hydroxylation is 1. The third-order valence-corrected chi connectivity index (χ3v) is 1.89. The SMILES string of the molecule is CCn1cc2[nH]cnc2[n+]([O-])c1=O. The van der Waals surface area contributed by atoms with Crippen LogP contribution >= 0.6 is 0 Å². The summed E-state index contributed by atoms with van der Waals surface area (Å²) in [5, 5.41) is 11.3. The van der Waals surface area contributed by atoms with Crippen LogP contribution in [0.15, 0.2) is 17.3 Å². The first kappa shape index (κ1) is 7.78. The summed E-state index contributed by atoms with van der Waals surface area (Å²) in [6.45, 7) is 2.26. The van der Waals surface area contributed by atoms with Gasteiger partial charge in [0.1, 0.15) is 5.52 Å². The number of aromatic nitrogens is 4. The Bertz CT molecular complexity index is 499. The van der Waals surface area contributed by atoms with E-state index in [4.69, 9.17) is 0 Å². The predicted octanol–water partition coefficient (Wildman–Crippen LogP) is -0.622. The van der Waals surface area contributed by atoms with Gasteiger partial charge >= 0.3 is 5.69 Å². The number of fused-ring (bicyclic) bond motifs is 1. The molecule has 0 saturated carbocycles. The van der Waals surface area contributed by atoms with Crippen molar-refractivity contribution in [1.82, 2.24) is 14.5 Å². The van der Waals surface area contributed by atoms with E-state index >= 15 is 0 Å². The fourth-order valence-corrected chi connectivity index (χ4v) is 1.20. The maximum Gasteiger partial charge on any atom is 0.443 e. The van der Waals surface area contributed by atoms with Crippen LogP contribution in [0, 0.1) is 5.21 Å². The van der Waals surface area contributed by atoms with Gasteiger partial charge in [-0.2, -0.15) is 0 Å². The fraction of sp³-hybridized carbons (Fsp3) is 0.286. The second kappa shape index (κ2) is 2.58. The maximum atomic E-state index is 11.3. The molecule has 0 aromatic carbocycles. The van der Waals surface area contributed by atoms with E-state index in [9.17, 15) is 10.0 Å². The lowest BCUT2D eigenvalue weighted by Crippen LogP contribution is -2.50. The zero-order valence-electron chi connectivity index (χ0n) is 7.02. The summed E-state index contributed by atoms with van der Waals surface area (Å²) >= 11 is 0. The van der Waals surface area contributed by atoms with Crippen molar-refractivity contribution < 1.29 is 4.73 Å². The number of H-pyrrole nitrogens is 1. The summed E-state index contributed by atoms with van der Waals surface area (Å²) in [5.41, 5.74) is 0.105. The lowest BCUT2D eigenvalue weighted by molar-refractivity contribution is -0.601. The molecule has 0 bridgehead atoms. The second-order valence-corrected chi connectivity index (χ2v) is 2.63. The average molecular weight is 180 g/mol. The minimum atomic E-state index is -0.595. The van der Waals surface area contributed by atoms with Gasteiger partial charge in [0.15, 0.2) is 6.33 Å². The first-order valence-electron chi connectivity index (χ1n) is 3.90.